The quantitative estimate of drug-likeness (QED) is 0.304. The molecule has 4 unspecified atom stereocenters. The van der Waals surface area contributed by atoms with E-state index in [4.69, 9.17) is 5.11 Å². The van der Waals surface area contributed by atoms with Crippen LogP contribution >= 0.6 is 0 Å². The van der Waals surface area contributed by atoms with Gasteiger partial charge in [0, 0.05) is 19.1 Å². The molecule has 1 aliphatic carbocycles. The van der Waals surface area contributed by atoms with Crippen molar-refractivity contribution in [2.75, 3.05) is 13.1 Å². The maximum Gasteiger partial charge on any atom is 0.627 e. The standard InChI is InChI=1S/C22H38N4O6S/c1-7-14(2)16(18(27)25-33(31,32)22(6)10-11-22)23-13-15-9-8-12-26(15)19(28)17(21(3,4)5)24-20(29)30/h7,14-17,23-24H,1,8-13H2,2-6H3,(H,25,27)(H,29,30)/p+1. The lowest BCUT2D eigenvalue weighted by molar-refractivity contribution is -0.136. The Hall–Kier alpha value is -2.14. The highest BCUT2D eigenvalue weighted by Crippen LogP contribution is 2.42. The van der Waals surface area contributed by atoms with Crippen molar-refractivity contribution in [2.45, 2.75) is 83.2 Å². The van der Waals surface area contributed by atoms with Crippen LogP contribution in [0.1, 0.15) is 60.3 Å². The fourth-order valence-corrected chi connectivity index (χ4v) is 5.24. The lowest BCUT2D eigenvalue weighted by Crippen LogP contribution is -2.58. The van der Waals surface area contributed by atoms with E-state index in [1.54, 1.807) is 24.8 Å². The van der Waals surface area contributed by atoms with Crippen molar-refractivity contribution >= 4 is 27.9 Å². The second kappa shape index (κ2) is 10.0. The monoisotopic (exact) mass is 487 g/mol. The van der Waals surface area contributed by atoms with Gasteiger partial charge in [0.15, 0.2) is 0 Å². The summed E-state index contributed by atoms with van der Waals surface area (Å²) in [7, 11) is -3.77. The number of carbonyl (C=O) groups is 3. The molecule has 1 saturated carbocycles. The summed E-state index contributed by atoms with van der Waals surface area (Å²) in [5, 5.41) is 12.8. The zero-order chi connectivity index (χ0) is 25.2. The van der Waals surface area contributed by atoms with Crippen molar-refractivity contribution in [2.24, 2.45) is 11.3 Å². The van der Waals surface area contributed by atoms with Gasteiger partial charge in [0.05, 0.1) is 15.6 Å². The Balaban J connectivity index is 2.11. The summed E-state index contributed by atoms with van der Waals surface area (Å²) in [6.45, 7) is 13.4. The van der Waals surface area contributed by atoms with Gasteiger partial charge in [-0.2, -0.15) is 0 Å². The van der Waals surface area contributed by atoms with Crippen LogP contribution in [0.25, 0.3) is 0 Å². The predicted molar refractivity (Wildman–Crippen MR) is 126 cm³/mol. The predicted octanol–water partition coefficient (Wildman–Crippen LogP) is 0.605. The Morgan fingerprint density at radius 2 is 1.88 bits per heavy atom. The van der Waals surface area contributed by atoms with Crippen LogP contribution in [0.15, 0.2) is 12.7 Å². The van der Waals surface area contributed by atoms with E-state index >= 15 is 0 Å². The van der Waals surface area contributed by atoms with Crippen molar-refractivity contribution in [3.63, 3.8) is 0 Å². The van der Waals surface area contributed by atoms with E-state index < -0.39 is 44.3 Å². The molecule has 4 atom stereocenters. The molecule has 5 N–H and O–H groups in total. The van der Waals surface area contributed by atoms with E-state index in [-0.39, 0.29) is 24.4 Å². The summed E-state index contributed by atoms with van der Waals surface area (Å²) in [4.78, 5) is 39.1. The smallest absolute Gasteiger partial charge is 0.547 e. The van der Waals surface area contributed by atoms with Crippen LogP contribution in [0.5, 0.6) is 0 Å². The van der Waals surface area contributed by atoms with Crippen LogP contribution in [0, 0.1) is 11.3 Å². The molecule has 0 radical (unpaired) electrons. The first-order valence-corrected chi connectivity index (χ1v) is 12.9. The van der Waals surface area contributed by atoms with Crippen LogP contribution in [-0.4, -0.2) is 72.3 Å². The second-order valence-electron chi connectivity index (χ2n) is 10.5. The molecule has 0 aromatic carbocycles. The number of rotatable bonds is 10. The van der Waals surface area contributed by atoms with Crippen molar-refractivity contribution < 1.29 is 27.9 Å². The van der Waals surface area contributed by atoms with Gasteiger partial charge in [0.25, 0.3) is 5.91 Å². The SMILES string of the molecule is C=CC(C)C(NCC1CCCN1C(=O)C(NC(=O)[OH2+])C(C)(C)C)C(=O)NS(=O)(=O)C1(C)CC1. The summed E-state index contributed by atoms with van der Waals surface area (Å²) >= 11 is 0. The average molecular weight is 488 g/mol. The van der Waals surface area contributed by atoms with Crippen molar-refractivity contribution in [1.82, 2.24) is 20.3 Å². The molecule has 188 valence electrons. The van der Waals surface area contributed by atoms with Gasteiger partial charge in [-0.25, -0.2) is 8.42 Å². The van der Waals surface area contributed by atoms with Crippen LogP contribution in [0.4, 0.5) is 4.79 Å². The highest BCUT2D eigenvalue weighted by atomic mass is 32.2. The summed E-state index contributed by atoms with van der Waals surface area (Å²) in [6, 6.07) is -1.91. The molecule has 0 aromatic rings. The largest absolute Gasteiger partial charge is 0.627 e. The fraction of sp³-hybridized carbons (Fsp3) is 0.773. The van der Waals surface area contributed by atoms with Crippen molar-refractivity contribution in [1.29, 1.82) is 0 Å². The fourth-order valence-electron chi connectivity index (χ4n) is 3.96. The Kier molecular flexibility index (Phi) is 8.22. The molecule has 1 saturated heterocycles. The van der Waals surface area contributed by atoms with Gasteiger partial charge in [-0.05, 0) is 43.9 Å². The summed E-state index contributed by atoms with van der Waals surface area (Å²) in [6.07, 6.45) is 3.09. The minimum Gasteiger partial charge on any atom is -0.547 e. The summed E-state index contributed by atoms with van der Waals surface area (Å²) < 4.78 is 26.3. The lowest BCUT2D eigenvalue weighted by Gasteiger charge is -2.35. The Morgan fingerprint density at radius 1 is 1.27 bits per heavy atom. The van der Waals surface area contributed by atoms with Gasteiger partial charge in [-0.15, -0.1) is 6.58 Å². The second-order valence-corrected chi connectivity index (χ2v) is 12.7. The molecule has 2 rings (SSSR count). The number of hydrogen-bond acceptors (Lipinski definition) is 6. The molecule has 2 fully saturated rings. The van der Waals surface area contributed by atoms with Crippen LogP contribution in [-0.2, 0) is 19.6 Å². The molecule has 0 bridgehead atoms. The van der Waals surface area contributed by atoms with E-state index in [1.165, 1.54) is 0 Å². The third kappa shape index (κ3) is 6.47. The van der Waals surface area contributed by atoms with Crippen molar-refractivity contribution in [3.05, 3.63) is 12.7 Å². The molecule has 1 heterocycles. The lowest BCUT2D eigenvalue weighted by atomic mass is 9.85. The van der Waals surface area contributed by atoms with Crippen LogP contribution in [0.2, 0.25) is 0 Å². The molecule has 3 amide bonds. The third-order valence-corrected chi connectivity index (χ3v) is 8.82. The van der Waals surface area contributed by atoms with E-state index in [0.29, 0.717) is 25.8 Å². The molecule has 10 nitrogen and oxygen atoms in total. The Labute approximate surface area is 196 Å². The first-order valence-electron chi connectivity index (χ1n) is 11.4. The topological polar surface area (TPSA) is 148 Å². The minimum absolute atomic E-state index is 0.227. The molecule has 33 heavy (non-hydrogen) atoms. The third-order valence-electron chi connectivity index (χ3n) is 6.64. The number of nitrogens with zero attached hydrogens (tertiary/aromatic N) is 1. The zero-order valence-corrected chi connectivity index (χ0v) is 21.0. The molecule has 1 aliphatic heterocycles. The molecule has 11 heteroatoms. The first-order chi connectivity index (χ1) is 15.1. The van der Waals surface area contributed by atoms with Gasteiger partial charge in [0.1, 0.15) is 6.04 Å². The highest BCUT2D eigenvalue weighted by Gasteiger charge is 2.51. The van der Waals surface area contributed by atoms with E-state index in [0.717, 1.165) is 6.42 Å². The number of sulfonamides is 1. The number of nitrogens with one attached hydrogen (secondary N) is 3. The van der Waals surface area contributed by atoms with Crippen LogP contribution in [0.3, 0.4) is 0 Å². The number of carbonyl (C=O) groups excluding carboxylic acids is 3. The van der Waals surface area contributed by atoms with E-state index in [9.17, 15) is 22.8 Å². The Bertz CT molecular complexity index is 878. The molecule has 0 aromatic heterocycles. The maximum absolute atomic E-state index is 13.2. The van der Waals surface area contributed by atoms with E-state index in [1.807, 2.05) is 20.8 Å². The normalized spacial score (nSPS) is 22.7. The number of likely N-dealkylation sites (tertiary alicyclic amines) is 1. The van der Waals surface area contributed by atoms with Gasteiger partial charge >= 0.3 is 6.09 Å². The van der Waals surface area contributed by atoms with E-state index in [2.05, 4.69) is 21.9 Å². The zero-order valence-electron chi connectivity index (χ0n) is 20.2. The summed E-state index contributed by atoms with van der Waals surface area (Å²) in [5.41, 5.74) is -0.582. The molecule has 2 aliphatic rings. The van der Waals surface area contributed by atoms with Gasteiger partial charge < -0.3 is 15.3 Å². The van der Waals surface area contributed by atoms with Gasteiger partial charge in [-0.1, -0.05) is 33.8 Å². The highest BCUT2D eigenvalue weighted by molar-refractivity contribution is 7.91. The number of hydrogen-bond donors (Lipinski definition) is 3. The first kappa shape index (κ1) is 27.1. The Morgan fingerprint density at radius 3 is 2.36 bits per heavy atom. The van der Waals surface area contributed by atoms with Gasteiger partial charge in [-0.3, -0.25) is 19.6 Å². The number of amides is 3. The van der Waals surface area contributed by atoms with Crippen LogP contribution < -0.4 is 15.4 Å². The maximum atomic E-state index is 13.2. The molecular weight excluding hydrogens is 448 g/mol. The van der Waals surface area contributed by atoms with Crippen molar-refractivity contribution in [3.8, 4) is 0 Å². The average Bonchev–Trinajstić information content (AvgIpc) is 3.29. The van der Waals surface area contributed by atoms with Gasteiger partial charge in [0.2, 0.25) is 15.9 Å². The molecular formula is C22H39N4O6S+. The molecule has 0 spiro atoms. The minimum atomic E-state index is -3.77. The summed E-state index contributed by atoms with van der Waals surface area (Å²) in [5.74, 6) is -1.25.